The van der Waals surface area contributed by atoms with Gasteiger partial charge in [-0.3, -0.25) is 0 Å². The molecular weight excluding hydrogens is 160 g/mol. The van der Waals surface area contributed by atoms with E-state index >= 15 is 0 Å². The Morgan fingerprint density at radius 3 is 1.92 bits per heavy atom. The number of aryl methyl sites for hydroxylation is 1. The first kappa shape index (κ1) is 14.3. The van der Waals surface area contributed by atoms with Crippen molar-refractivity contribution in [1.29, 1.82) is 0 Å². The van der Waals surface area contributed by atoms with Gasteiger partial charge in [0.2, 0.25) is 0 Å². The fourth-order valence-corrected chi connectivity index (χ4v) is 0.628. The van der Waals surface area contributed by atoms with Crippen LogP contribution in [-0.2, 0) is 0 Å². The van der Waals surface area contributed by atoms with Crippen LogP contribution < -0.4 is 0 Å². The number of phenols is 1. The zero-order valence-corrected chi connectivity index (χ0v) is 8.88. The van der Waals surface area contributed by atoms with Crippen molar-refractivity contribution in [3.8, 4) is 5.75 Å². The highest BCUT2D eigenvalue weighted by atomic mass is 16.3. The monoisotopic (exact) mass is 180 g/mol. The Balaban J connectivity index is 0. The minimum atomic E-state index is 0.338. The summed E-state index contributed by atoms with van der Waals surface area (Å²) in [7, 11) is 0. The summed E-state index contributed by atoms with van der Waals surface area (Å²) < 4.78 is 0. The molecule has 13 heavy (non-hydrogen) atoms. The average molecular weight is 180 g/mol. The van der Waals surface area contributed by atoms with Crippen LogP contribution in [0.15, 0.2) is 37.4 Å². The largest absolute Gasteiger partial charge is 0.508 e. The van der Waals surface area contributed by atoms with Gasteiger partial charge in [-0.2, -0.15) is 0 Å². The van der Waals surface area contributed by atoms with Gasteiger partial charge in [-0.1, -0.05) is 32.4 Å². The van der Waals surface area contributed by atoms with Crippen LogP contribution in [0.2, 0.25) is 0 Å². The Hall–Kier alpha value is -1.24. The molecule has 0 spiro atoms. The van der Waals surface area contributed by atoms with Crippen molar-refractivity contribution in [3.05, 3.63) is 43.0 Å². The van der Waals surface area contributed by atoms with E-state index in [9.17, 15) is 0 Å². The molecule has 1 rings (SSSR count). The molecule has 0 aliphatic heterocycles. The van der Waals surface area contributed by atoms with E-state index in [0.717, 1.165) is 5.56 Å². The molecule has 1 N–H and O–H groups in total. The van der Waals surface area contributed by atoms with Gasteiger partial charge in [-0.05, 0) is 24.6 Å². The molecule has 0 amide bonds. The first-order valence-electron chi connectivity index (χ1n) is 4.46. The van der Waals surface area contributed by atoms with Gasteiger partial charge in [-0.25, -0.2) is 0 Å². The van der Waals surface area contributed by atoms with Crippen LogP contribution in [0, 0.1) is 6.92 Å². The normalized spacial score (nSPS) is 7.31. The molecule has 0 saturated heterocycles. The van der Waals surface area contributed by atoms with E-state index in [4.69, 9.17) is 5.11 Å². The molecule has 0 aromatic heterocycles. The molecule has 1 nitrogen and oxygen atoms in total. The second-order valence-corrected chi connectivity index (χ2v) is 2.55. The summed E-state index contributed by atoms with van der Waals surface area (Å²) in [5.41, 5.74) is 1.09. The van der Waals surface area contributed by atoms with Gasteiger partial charge < -0.3 is 5.11 Å². The van der Waals surface area contributed by atoms with Crippen molar-refractivity contribution in [3.63, 3.8) is 0 Å². The third kappa shape index (κ3) is 10.8. The Morgan fingerprint density at radius 1 is 1.23 bits per heavy atom. The van der Waals surface area contributed by atoms with E-state index in [1.165, 1.54) is 6.42 Å². The van der Waals surface area contributed by atoms with Crippen LogP contribution in [0.4, 0.5) is 0 Å². The Kier molecular flexibility index (Phi) is 11.8. The van der Waals surface area contributed by atoms with Gasteiger partial charge in [0.1, 0.15) is 5.75 Å². The number of benzene rings is 1. The molecule has 1 aromatic carbocycles. The van der Waals surface area contributed by atoms with Crippen molar-refractivity contribution in [2.45, 2.75) is 27.2 Å². The lowest BCUT2D eigenvalue weighted by atomic mass is 10.2. The standard InChI is InChI=1S/C7H8O.C3H8.C2H4/c1-6-3-2-4-7(8)5-6;1-3-2;1-2/h2-5,8H,1H3;3H2,1-2H3;1-2H2. The van der Waals surface area contributed by atoms with Crippen LogP contribution in [0.1, 0.15) is 25.8 Å². The smallest absolute Gasteiger partial charge is 0.115 e. The summed E-state index contributed by atoms with van der Waals surface area (Å²) in [6, 6.07) is 7.15. The Morgan fingerprint density at radius 2 is 1.69 bits per heavy atom. The summed E-state index contributed by atoms with van der Waals surface area (Å²) in [5, 5.41) is 8.81. The van der Waals surface area contributed by atoms with E-state index in [1.54, 1.807) is 12.1 Å². The van der Waals surface area contributed by atoms with Gasteiger partial charge in [0.05, 0.1) is 0 Å². The van der Waals surface area contributed by atoms with Crippen LogP contribution in [0.25, 0.3) is 0 Å². The molecule has 0 fully saturated rings. The molecule has 0 unspecified atom stereocenters. The lowest BCUT2D eigenvalue weighted by Gasteiger charge is -1.89. The molecule has 0 bridgehead atoms. The summed E-state index contributed by atoms with van der Waals surface area (Å²) in [4.78, 5) is 0. The van der Waals surface area contributed by atoms with Crippen LogP contribution in [-0.4, -0.2) is 5.11 Å². The predicted octanol–water partition coefficient (Wildman–Crippen LogP) is 3.92. The maximum Gasteiger partial charge on any atom is 0.115 e. The molecule has 0 atom stereocenters. The maximum atomic E-state index is 8.81. The quantitative estimate of drug-likeness (QED) is 0.600. The van der Waals surface area contributed by atoms with E-state index in [1.807, 2.05) is 19.1 Å². The topological polar surface area (TPSA) is 20.2 Å². The fraction of sp³-hybridized carbons (Fsp3) is 0.333. The first-order valence-corrected chi connectivity index (χ1v) is 4.46. The van der Waals surface area contributed by atoms with E-state index in [-0.39, 0.29) is 0 Å². The van der Waals surface area contributed by atoms with Gasteiger partial charge >= 0.3 is 0 Å². The van der Waals surface area contributed by atoms with E-state index in [2.05, 4.69) is 27.0 Å². The van der Waals surface area contributed by atoms with Crippen LogP contribution in [0.5, 0.6) is 5.75 Å². The zero-order valence-electron chi connectivity index (χ0n) is 8.88. The molecule has 0 saturated carbocycles. The van der Waals surface area contributed by atoms with Gasteiger partial charge in [-0.15, -0.1) is 13.2 Å². The molecule has 1 aromatic rings. The highest BCUT2D eigenvalue weighted by Crippen LogP contribution is 2.08. The third-order valence-electron chi connectivity index (χ3n) is 1.00. The lowest BCUT2D eigenvalue weighted by Crippen LogP contribution is -1.66. The summed E-state index contributed by atoms with van der Waals surface area (Å²) in [5.74, 6) is 0.338. The summed E-state index contributed by atoms with van der Waals surface area (Å²) in [6.45, 7) is 12.2. The minimum Gasteiger partial charge on any atom is -0.508 e. The van der Waals surface area contributed by atoms with Crippen molar-refractivity contribution < 1.29 is 5.11 Å². The van der Waals surface area contributed by atoms with Crippen molar-refractivity contribution in [2.24, 2.45) is 0 Å². The summed E-state index contributed by atoms with van der Waals surface area (Å²) in [6.07, 6.45) is 1.25. The predicted molar refractivity (Wildman–Crippen MR) is 60.1 cm³/mol. The van der Waals surface area contributed by atoms with E-state index < -0.39 is 0 Å². The van der Waals surface area contributed by atoms with Crippen molar-refractivity contribution >= 4 is 0 Å². The van der Waals surface area contributed by atoms with Crippen molar-refractivity contribution in [1.82, 2.24) is 0 Å². The lowest BCUT2D eigenvalue weighted by molar-refractivity contribution is 0.475. The van der Waals surface area contributed by atoms with Gasteiger partial charge in [0.25, 0.3) is 0 Å². The number of rotatable bonds is 0. The van der Waals surface area contributed by atoms with Crippen LogP contribution >= 0.6 is 0 Å². The van der Waals surface area contributed by atoms with E-state index in [0.29, 0.717) is 5.75 Å². The fourth-order valence-electron chi connectivity index (χ4n) is 0.628. The molecule has 0 heterocycles. The molecule has 74 valence electrons. The Labute approximate surface area is 81.7 Å². The molecule has 1 heteroatoms. The Bertz CT molecular complexity index is 189. The first-order chi connectivity index (χ1) is 6.20. The number of phenolic OH excluding ortho intramolecular Hbond substituents is 1. The number of hydrogen-bond donors (Lipinski definition) is 1. The second kappa shape index (κ2) is 10.8. The maximum absolute atomic E-state index is 8.81. The summed E-state index contributed by atoms with van der Waals surface area (Å²) >= 11 is 0. The minimum absolute atomic E-state index is 0.338. The second-order valence-electron chi connectivity index (χ2n) is 2.55. The molecule has 0 radical (unpaired) electrons. The van der Waals surface area contributed by atoms with Gasteiger partial charge in [0.15, 0.2) is 0 Å². The third-order valence-corrected chi connectivity index (χ3v) is 1.00. The highest BCUT2D eigenvalue weighted by molar-refractivity contribution is 5.25. The molecular formula is C12H20O. The molecule has 0 aliphatic rings. The van der Waals surface area contributed by atoms with Gasteiger partial charge in [0, 0.05) is 0 Å². The van der Waals surface area contributed by atoms with Crippen molar-refractivity contribution in [2.75, 3.05) is 0 Å². The average Bonchev–Trinajstić information content (AvgIpc) is 2.08. The SMILES string of the molecule is C=C.CCC.Cc1cccc(O)c1. The van der Waals surface area contributed by atoms with Crippen LogP contribution in [0.3, 0.4) is 0 Å². The highest BCUT2D eigenvalue weighted by Gasteiger charge is 1.83. The number of aromatic hydroxyl groups is 1. The number of hydrogen-bond acceptors (Lipinski definition) is 1. The zero-order chi connectivity index (χ0) is 10.7. The molecule has 0 aliphatic carbocycles.